The molecule has 4 nitrogen and oxygen atoms in total. The van der Waals surface area contributed by atoms with E-state index in [1.54, 1.807) is 16.4 Å². The van der Waals surface area contributed by atoms with Crippen LogP contribution < -0.4 is 5.73 Å². The van der Waals surface area contributed by atoms with Crippen molar-refractivity contribution in [2.45, 2.75) is 63.4 Å². The molecule has 5 heteroatoms. The molecule has 1 fully saturated rings. The van der Waals surface area contributed by atoms with Gasteiger partial charge < -0.3 is 5.73 Å². The second-order valence-corrected chi connectivity index (χ2v) is 7.52. The van der Waals surface area contributed by atoms with E-state index in [1.807, 2.05) is 26.8 Å². The molecule has 0 spiro atoms. The summed E-state index contributed by atoms with van der Waals surface area (Å²) in [4.78, 5) is 0.313. The lowest BCUT2D eigenvalue weighted by Gasteiger charge is -2.37. The minimum Gasteiger partial charge on any atom is -0.398 e. The molecule has 0 radical (unpaired) electrons. The van der Waals surface area contributed by atoms with Crippen molar-refractivity contribution in [2.24, 2.45) is 0 Å². The van der Waals surface area contributed by atoms with E-state index in [0.717, 1.165) is 31.2 Å². The van der Waals surface area contributed by atoms with Gasteiger partial charge in [-0.15, -0.1) is 0 Å². The van der Waals surface area contributed by atoms with Gasteiger partial charge in [-0.05, 0) is 50.8 Å². The van der Waals surface area contributed by atoms with E-state index in [-0.39, 0.29) is 12.1 Å². The first-order chi connectivity index (χ1) is 9.37. The van der Waals surface area contributed by atoms with Gasteiger partial charge in [0.15, 0.2) is 0 Å². The number of nitrogens with two attached hydrogens (primary N) is 1. The first kappa shape index (κ1) is 15.3. The van der Waals surface area contributed by atoms with Crippen molar-refractivity contribution in [3.63, 3.8) is 0 Å². The molecule has 1 aromatic carbocycles. The number of benzene rings is 1. The quantitative estimate of drug-likeness (QED) is 0.872. The molecule has 1 aromatic rings. The average Bonchev–Trinajstić information content (AvgIpc) is 2.38. The fourth-order valence-electron chi connectivity index (χ4n) is 3.05. The van der Waals surface area contributed by atoms with Crippen LogP contribution in [0.15, 0.2) is 23.1 Å². The molecule has 0 saturated carbocycles. The Labute approximate surface area is 122 Å². The lowest BCUT2D eigenvalue weighted by atomic mass is 10.0. The van der Waals surface area contributed by atoms with Crippen molar-refractivity contribution in [2.75, 3.05) is 5.73 Å². The predicted octanol–water partition coefficient (Wildman–Crippen LogP) is 2.78. The number of sulfonamides is 1. The molecule has 2 N–H and O–H groups in total. The second kappa shape index (κ2) is 5.74. The zero-order valence-electron chi connectivity index (χ0n) is 12.5. The molecule has 0 bridgehead atoms. The number of aryl methyl sites for hydroxylation is 1. The first-order valence-corrected chi connectivity index (χ1v) is 8.74. The highest BCUT2D eigenvalue weighted by Crippen LogP contribution is 2.30. The summed E-state index contributed by atoms with van der Waals surface area (Å²) in [7, 11) is -3.45. The van der Waals surface area contributed by atoms with Gasteiger partial charge in [0.05, 0.1) is 4.90 Å². The molecule has 20 heavy (non-hydrogen) atoms. The van der Waals surface area contributed by atoms with Crippen molar-refractivity contribution < 1.29 is 8.42 Å². The Morgan fingerprint density at radius 2 is 1.85 bits per heavy atom. The maximum Gasteiger partial charge on any atom is 0.243 e. The Morgan fingerprint density at radius 1 is 1.25 bits per heavy atom. The third-order valence-corrected chi connectivity index (χ3v) is 6.31. The van der Waals surface area contributed by atoms with Crippen LogP contribution in [0.2, 0.25) is 0 Å². The molecule has 0 aliphatic carbocycles. The second-order valence-electron chi connectivity index (χ2n) is 5.68. The number of piperidine rings is 1. The molecule has 0 amide bonds. The maximum absolute atomic E-state index is 12.8. The van der Waals surface area contributed by atoms with E-state index in [2.05, 4.69) is 0 Å². The predicted molar refractivity (Wildman–Crippen MR) is 82.0 cm³/mol. The van der Waals surface area contributed by atoms with Crippen LogP contribution in [0.25, 0.3) is 0 Å². The van der Waals surface area contributed by atoms with E-state index in [0.29, 0.717) is 10.6 Å². The van der Waals surface area contributed by atoms with Gasteiger partial charge in [-0.3, -0.25) is 0 Å². The van der Waals surface area contributed by atoms with Crippen LogP contribution in [-0.4, -0.2) is 24.8 Å². The summed E-state index contributed by atoms with van der Waals surface area (Å²) in [6, 6.07) is 5.20. The average molecular weight is 296 g/mol. The number of anilines is 1. The summed E-state index contributed by atoms with van der Waals surface area (Å²) in [6.07, 6.45) is 3.74. The van der Waals surface area contributed by atoms with Crippen LogP contribution >= 0.6 is 0 Å². The normalized spacial score (nSPS) is 24.8. The topological polar surface area (TPSA) is 63.4 Å². The molecule has 112 valence electrons. The molecule has 1 aliphatic rings. The lowest BCUT2D eigenvalue weighted by molar-refractivity contribution is 0.204. The van der Waals surface area contributed by atoms with Crippen LogP contribution in [0.3, 0.4) is 0 Å². The molecule has 1 heterocycles. The van der Waals surface area contributed by atoms with Gasteiger partial charge in [0.25, 0.3) is 0 Å². The van der Waals surface area contributed by atoms with Gasteiger partial charge in [0.2, 0.25) is 10.0 Å². The van der Waals surface area contributed by atoms with Gasteiger partial charge in [-0.25, -0.2) is 8.42 Å². The maximum atomic E-state index is 12.8. The van der Waals surface area contributed by atoms with Crippen molar-refractivity contribution >= 4 is 15.7 Å². The van der Waals surface area contributed by atoms with Crippen LogP contribution in [0, 0.1) is 0 Å². The number of hydrogen-bond acceptors (Lipinski definition) is 3. The van der Waals surface area contributed by atoms with Crippen molar-refractivity contribution in [3.8, 4) is 0 Å². The number of nitrogens with zero attached hydrogens (tertiary/aromatic N) is 1. The van der Waals surface area contributed by atoms with Gasteiger partial charge in [-0.2, -0.15) is 4.31 Å². The van der Waals surface area contributed by atoms with Gasteiger partial charge in [0.1, 0.15) is 0 Å². The van der Waals surface area contributed by atoms with E-state index < -0.39 is 10.0 Å². The van der Waals surface area contributed by atoms with Crippen LogP contribution in [0.4, 0.5) is 5.69 Å². The summed E-state index contributed by atoms with van der Waals surface area (Å²) in [5, 5.41) is 0. The third-order valence-electron chi connectivity index (χ3n) is 4.19. The Bertz CT molecular complexity index is 574. The number of rotatable bonds is 3. The fourth-order valence-corrected chi connectivity index (χ4v) is 4.97. The molecule has 2 unspecified atom stereocenters. The lowest BCUT2D eigenvalue weighted by Crippen LogP contribution is -2.47. The highest BCUT2D eigenvalue weighted by Gasteiger charge is 2.35. The van der Waals surface area contributed by atoms with Gasteiger partial charge >= 0.3 is 0 Å². The Kier molecular flexibility index (Phi) is 4.39. The van der Waals surface area contributed by atoms with Crippen molar-refractivity contribution in [3.05, 3.63) is 23.8 Å². The molecule has 2 rings (SSSR count). The minimum atomic E-state index is -3.45. The summed E-state index contributed by atoms with van der Waals surface area (Å²) >= 11 is 0. The fraction of sp³-hybridized carbons (Fsp3) is 0.600. The van der Waals surface area contributed by atoms with Crippen LogP contribution in [0.1, 0.15) is 45.6 Å². The molecular weight excluding hydrogens is 272 g/mol. The van der Waals surface area contributed by atoms with Crippen molar-refractivity contribution in [1.29, 1.82) is 0 Å². The van der Waals surface area contributed by atoms with E-state index >= 15 is 0 Å². The first-order valence-electron chi connectivity index (χ1n) is 7.29. The molecule has 0 aromatic heterocycles. The van der Waals surface area contributed by atoms with Crippen LogP contribution in [0.5, 0.6) is 0 Å². The molecule has 1 aliphatic heterocycles. The molecular formula is C15H24N2O2S. The SMILES string of the molecule is CCc1ccc(S(=O)(=O)N2C(C)CCCC2C)cc1N. The standard InChI is InChI=1S/C15H24N2O2S/c1-4-13-8-9-14(10-15(13)16)20(18,19)17-11(2)6-5-7-12(17)3/h8-12H,4-7,16H2,1-3H3. The van der Waals surface area contributed by atoms with Crippen molar-refractivity contribution in [1.82, 2.24) is 4.31 Å². The minimum absolute atomic E-state index is 0.0517. The smallest absolute Gasteiger partial charge is 0.243 e. The van der Waals surface area contributed by atoms with E-state index in [9.17, 15) is 8.42 Å². The summed E-state index contributed by atoms with van der Waals surface area (Å²) < 4.78 is 27.3. The zero-order chi connectivity index (χ0) is 14.9. The number of nitrogen functional groups attached to an aromatic ring is 1. The molecule has 1 saturated heterocycles. The Hall–Kier alpha value is -1.07. The zero-order valence-corrected chi connectivity index (χ0v) is 13.3. The number of hydrogen-bond donors (Lipinski definition) is 1. The van der Waals surface area contributed by atoms with Gasteiger partial charge in [-0.1, -0.05) is 19.4 Å². The Morgan fingerprint density at radius 3 is 2.35 bits per heavy atom. The van der Waals surface area contributed by atoms with Gasteiger partial charge in [0, 0.05) is 17.8 Å². The molecule has 2 atom stereocenters. The van der Waals surface area contributed by atoms with E-state index in [4.69, 9.17) is 5.73 Å². The largest absolute Gasteiger partial charge is 0.398 e. The highest BCUT2D eigenvalue weighted by atomic mass is 32.2. The summed E-state index contributed by atoms with van der Waals surface area (Å²) in [5.74, 6) is 0. The summed E-state index contributed by atoms with van der Waals surface area (Å²) in [5.41, 5.74) is 7.49. The Balaban J connectivity index is 2.41. The third kappa shape index (κ3) is 2.69. The van der Waals surface area contributed by atoms with Crippen LogP contribution in [-0.2, 0) is 16.4 Å². The summed E-state index contributed by atoms with van der Waals surface area (Å²) in [6.45, 7) is 5.97. The highest BCUT2D eigenvalue weighted by molar-refractivity contribution is 7.89. The van der Waals surface area contributed by atoms with E-state index in [1.165, 1.54) is 0 Å². The monoisotopic (exact) mass is 296 g/mol.